The first-order valence-electron chi connectivity index (χ1n) is 9.48. The van der Waals surface area contributed by atoms with Gasteiger partial charge in [-0.1, -0.05) is 72.8 Å². The molecular weight excluding hydrogens is 382 g/mol. The molecule has 3 aromatic carbocycles. The average Bonchev–Trinajstić information content (AvgIpc) is 3.11. The Hall–Kier alpha value is -3.77. The third-order valence-corrected chi connectivity index (χ3v) is 5.31. The van der Waals surface area contributed by atoms with Gasteiger partial charge >= 0.3 is 0 Å². The predicted molar refractivity (Wildman–Crippen MR) is 107 cm³/mol. The summed E-state index contributed by atoms with van der Waals surface area (Å²) >= 11 is 0. The van der Waals surface area contributed by atoms with Gasteiger partial charge in [-0.25, -0.2) is 4.90 Å². The lowest BCUT2D eigenvalue weighted by Gasteiger charge is -2.31. The molecule has 1 aliphatic rings. The number of hydrogen-bond donors (Lipinski definition) is 1. The highest BCUT2D eigenvalue weighted by molar-refractivity contribution is 6.21. The number of nitrogens with zero attached hydrogens (tertiary/aromatic N) is 1. The van der Waals surface area contributed by atoms with E-state index in [4.69, 9.17) is 0 Å². The number of imide groups is 1. The Bertz CT molecular complexity index is 1070. The molecule has 0 unspecified atom stereocenters. The van der Waals surface area contributed by atoms with E-state index in [1.54, 1.807) is 48.5 Å². The molecule has 30 heavy (non-hydrogen) atoms. The number of rotatable bonds is 5. The van der Waals surface area contributed by atoms with Crippen molar-refractivity contribution >= 4 is 23.5 Å². The van der Waals surface area contributed by atoms with Gasteiger partial charge in [0.2, 0.25) is 11.8 Å². The van der Waals surface area contributed by atoms with Crippen LogP contribution in [0.5, 0.6) is 0 Å². The van der Waals surface area contributed by atoms with Crippen molar-refractivity contribution in [3.05, 3.63) is 101 Å². The Kier molecular flexibility index (Phi) is 4.93. The van der Waals surface area contributed by atoms with E-state index in [0.717, 1.165) is 4.90 Å². The quantitative estimate of drug-likeness (QED) is 0.522. The summed E-state index contributed by atoms with van der Waals surface area (Å²) in [5.41, 5.74) is -0.568. The van der Waals surface area contributed by atoms with E-state index in [0.29, 0.717) is 16.7 Å². The van der Waals surface area contributed by atoms with Gasteiger partial charge in [0.15, 0.2) is 0 Å². The van der Waals surface area contributed by atoms with Crippen LogP contribution in [0.25, 0.3) is 0 Å². The fourth-order valence-corrected chi connectivity index (χ4v) is 3.82. The summed E-state index contributed by atoms with van der Waals surface area (Å²) in [6.07, 6.45) is 0.0222. The van der Waals surface area contributed by atoms with E-state index in [1.807, 2.05) is 12.1 Å². The van der Waals surface area contributed by atoms with E-state index < -0.39 is 23.4 Å². The van der Waals surface area contributed by atoms with Crippen LogP contribution in [0.15, 0.2) is 78.9 Å². The normalized spacial score (nSPS) is 14.2. The SMILES string of the molecule is O=C([O-])c1ccc(C(O)(c2ccccc2)c2ccccc2)cc1N1C(=O)CCC1=O. The summed E-state index contributed by atoms with van der Waals surface area (Å²) in [7, 11) is 0. The van der Waals surface area contributed by atoms with Crippen LogP contribution in [-0.2, 0) is 15.2 Å². The third kappa shape index (κ3) is 3.17. The predicted octanol–water partition coefficient (Wildman–Crippen LogP) is 1.99. The number of carbonyl (C=O) groups excluding carboxylic acids is 3. The van der Waals surface area contributed by atoms with Gasteiger partial charge in [-0.2, -0.15) is 0 Å². The van der Waals surface area contributed by atoms with Crippen LogP contribution in [0.4, 0.5) is 5.69 Å². The molecule has 0 aromatic heterocycles. The van der Waals surface area contributed by atoms with Gasteiger partial charge in [0.1, 0.15) is 5.60 Å². The highest BCUT2D eigenvalue weighted by atomic mass is 16.4. The highest BCUT2D eigenvalue weighted by Gasteiger charge is 2.37. The second-order valence-electron chi connectivity index (χ2n) is 7.08. The summed E-state index contributed by atoms with van der Waals surface area (Å²) < 4.78 is 0. The highest BCUT2D eigenvalue weighted by Crippen LogP contribution is 2.39. The lowest BCUT2D eigenvalue weighted by Crippen LogP contribution is -2.34. The number of benzene rings is 3. The molecule has 1 aliphatic heterocycles. The first-order chi connectivity index (χ1) is 14.4. The second kappa shape index (κ2) is 7.57. The zero-order valence-corrected chi connectivity index (χ0v) is 15.9. The van der Waals surface area contributed by atoms with Crippen molar-refractivity contribution < 1.29 is 24.6 Å². The molecule has 1 fully saturated rings. The Balaban J connectivity index is 1.97. The molecule has 0 aliphatic carbocycles. The molecule has 0 saturated carbocycles. The molecule has 0 radical (unpaired) electrons. The summed E-state index contributed by atoms with van der Waals surface area (Å²) in [6, 6.07) is 21.9. The third-order valence-electron chi connectivity index (χ3n) is 5.31. The lowest BCUT2D eigenvalue weighted by atomic mass is 9.80. The van der Waals surface area contributed by atoms with Gasteiger partial charge in [-0.15, -0.1) is 0 Å². The lowest BCUT2D eigenvalue weighted by molar-refractivity contribution is -0.254. The number of carboxylic acids is 1. The topological polar surface area (TPSA) is 97.7 Å². The number of aliphatic hydroxyl groups is 1. The van der Waals surface area contributed by atoms with Crippen LogP contribution in [0.3, 0.4) is 0 Å². The monoisotopic (exact) mass is 400 g/mol. The Morgan fingerprint density at radius 2 is 1.30 bits per heavy atom. The van der Waals surface area contributed by atoms with E-state index in [-0.39, 0.29) is 24.1 Å². The number of anilines is 1. The van der Waals surface area contributed by atoms with Crippen LogP contribution in [0.1, 0.15) is 39.9 Å². The molecule has 2 amide bonds. The molecular formula is C24H18NO5-. The summed E-state index contributed by atoms with van der Waals surface area (Å²) in [5.74, 6) is -2.47. The van der Waals surface area contributed by atoms with Crippen molar-refractivity contribution in [1.82, 2.24) is 0 Å². The molecule has 1 saturated heterocycles. The van der Waals surface area contributed by atoms with Crippen LogP contribution >= 0.6 is 0 Å². The average molecular weight is 400 g/mol. The minimum Gasteiger partial charge on any atom is -0.545 e. The number of aromatic carboxylic acids is 1. The molecule has 1 heterocycles. The first kappa shape index (κ1) is 19.5. The Labute approximate surface area is 173 Å². The van der Waals surface area contributed by atoms with Crippen molar-refractivity contribution in [2.45, 2.75) is 18.4 Å². The number of carboxylic acid groups (broad SMARTS) is 1. The zero-order chi connectivity index (χ0) is 21.3. The van der Waals surface area contributed by atoms with Gasteiger partial charge in [0.25, 0.3) is 0 Å². The number of carbonyl (C=O) groups is 3. The fourth-order valence-electron chi connectivity index (χ4n) is 3.82. The van der Waals surface area contributed by atoms with Crippen molar-refractivity contribution in [1.29, 1.82) is 0 Å². The maximum atomic E-state index is 12.3. The van der Waals surface area contributed by atoms with Crippen LogP contribution in [0.2, 0.25) is 0 Å². The summed E-state index contributed by atoms with van der Waals surface area (Å²) in [4.78, 5) is 37.1. The smallest absolute Gasteiger partial charge is 0.234 e. The number of amides is 2. The largest absolute Gasteiger partial charge is 0.545 e. The van der Waals surface area contributed by atoms with Crippen molar-refractivity contribution in [3.63, 3.8) is 0 Å². The van der Waals surface area contributed by atoms with Crippen LogP contribution in [-0.4, -0.2) is 22.9 Å². The molecule has 150 valence electrons. The van der Waals surface area contributed by atoms with Gasteiger partial charge in [-0.05, 0) is 22.8 Å². The Morgan fingerprint density at radius 3 is 1.77 bits per heavy atom. The standard InChI is InChI=1S/C24H19NO5/c26-21-13-14-22(27)25(21)20-15-18(11-12-19(20)23(28)29)24(30,16-7-3-1-4-8-16)17-9-5-2-6-10-17/h1-12,15,30H,13-14H2,(H,28,29)/p-1. The van der Waals surface area contributed by atoms with Gasteiger partial charge in [0, 0.05) is 18.4 Å². The zero-order valence-electron chi connectivity index (χ0n) is 15.9. The van der Waals surface area contributed by atoms with Crippen LogP contribution in [0, 0.1) is 0 Å². The fraction of sp³-hybridized carbons (Fsp3) is 0.125. The molecule has 0 bridgehead atoms. The molecule has 6 heteroatoms. The minimum absolute atomic E-state index is 0.0111. The van der Waals surface area contributed by atoms with Crippen molar-refractivity contribution in [3.8, 4) is 0 Å². The molecule has 6 nitrogen and oxygen atoms in total. The molecule has 1 N–H and O–H groups in total. The van der Waals surface area contributed by atoms with Gasteiger partial charge < -0.3 is 15.0 Å². The number of hydrogen-bond acceptors (Lipinski definition) is 5. The maximum absolute atomic E-state index is 12.3. The Morgan fingerprint density at radius 1 is 0.800 bits per heavy atom. The van der Waals surface area contributed by atoms with Crippen molar-refractivity contribution in [2.75, 3.05) is 4.90 Å². The van der Waals surface area contributed by atoms with E-state index in [2.05, 4.69) is 0 Å². The molecule has 0 spiro atoms. The van der Waals surface area contributed by atoms with Gasteiger partial charge in [-0.3, -0.25) is 9.59 Å². The summed E-state index contributed by atoms with van der Waals surface area (Å²) in [5, 5.41) is 23.6. The molecule has 3 aromatic rings. The molecule has 0 atom stereocenters. The first-order valence-corrected chi connectivity index (χ1v) is 9.48. The van der Waals surface area contributed by atoms with E-state index >= 15 is 0 Å². The molecule has 4 rings (SSSR count). The summed E-state index contributed by atoms with van der Waals surface area (Å²) in [6.45, 7) is 0. The van der Waals surface area contributed by atoms with Crippen molar-refractivity contribution in [2.24, 2.45) is 0 Å². The minimum atomic E-state index is -1.63. The van der Waals surface area contributed by atoms with Gasteiger partial charge in [0.05, 0.1) is 11.7 Å². The van der Waals surface area contributed by atoms with Crippen LogP contribution < -0.4 is 10.0 Å². The van der Waals surface area contributed by atoms with E-state index in [1.165, 1.54) is 18.2 Å². The van der Waals surface area contributed by atoms with E-state index in [9.17, 15) is 24.6 Å². The maximum Gasteiger partial charge on any atom is 0.234 e. The second-order valence-corrected chi connectivity index (χ2v) is 7.08.